The Morgan fingerprint density at radius 3 is 1.00 bits per heavy atom. The van der Waals surface area contributed by atoms with Crippen molar-refractivity contribution < 1.29 is 23.0 Å². The van der Waals surface area contributed by atoms with Crippen molar-refractivity contribution in [3.8, 4) is 0 Å². The molecule has 0 heterocycles. The number of hydrogen-bond acceptors (Lipinski definition) is 2. The van der Waals surface area contributed by atoms with Crippen LogP contribution in [0.25, 0.3) is 0 Å². The molecule has 0 saturated heterocycles. The average molecular weight is 263 g/mol. The van der Waals surface area contributed by atoms with Crippen LogP contribution in [0.5, 0.6) is 0 Å². The monoisotopic (exact) mass is 262 g/mol. The van der Waals surface area contributed by atoms with E-state index in [0.717, 1.165) is 0 Å². The fourth-order valence-electron chi connectivity index (χ4n) is 0. The molecule has 0 aliphatic carbocycles. The van der Waals surface area contributed by atoms with Gasteiger partial charge >= 0.3 is 109 Å². The van der Waals surface area contributed by atoms with Crippen molar-refractivity contribution in [2.45, 2.75) is 0 Å². The van der Waals surface area contributed by atoms with Crippen LogP contribution >= 0.6 is 12.4 Å². The van der Waals surface area contributed by atoms with Gasteiger partial charge in [-0.3, -0.25) is 9.11 Å². The Labute approximate surface area is 141 Å². The van der Waals surface area contributed by atoms with E-state index in [2.05, 4.69) is 0 Å². The first kappa shape index (κ1) is 37.6. The molecule has 0 radical (unpaired) electrons. The molecule has 60 valence electrons. The second-order valence-electron chi connectivity index (χ2n) is 0.448. The SMILES string of the molecule is Cl.O.O=S(=O)(O)O.[CaH2].[CaH2].[MgH2]. The Kier molecular flexibility index (Phi) is 68.6. The minimum absolute atomic E-state index is 0. The number of halogens is 1. The van der Waals surface area contributed by atoms with Crippen LogP contribution < -0.4 is 0 Å². The Bertz CT molecular complexity index is 103. The maximum Gasteiger partial charge on any atom is 0.316 e. The maximum absolute atomic E-state index is 8.74. The summed E-state index contributed by atoms with van der Waals surface area (Å²) in [6.45, 7) is 0. The molecular formula is H11Ca2ClMgO5S. The van der Waals surface area contributed by atoms with Gasteiger partial charge in [-0.25, -0.2) is 0 Å². The molecule has 0 rings (SSSR count). The van der Waals surface area contributed by atoms with Crippen LogP contribution in [-0.4, -0.2) is 122 Å². The fraction of sp³-hybridized carbons (Fsp3) is 0. The third-order valence-electron chi connectivity index (χ3n) is 0. The van der Waals surface area contributed by atoms with Crippen molar-refractivity contribution in [2.24, 2.45) is 0 Å². The molecule has 0 fully saturated rings. The first-order valence-corrected chi connectivity index (χ1v) is 2.10. The van der Waals surface area contributed by atoms with Gasteiger partial charge in [0.05, 0.1) is 0 Å². The van der Waals surface area contributed by atoms with Gasteiger partial charge in [0.2, 0.25) is 0 Å². The van der Waals surface area contributed by atoms with Gasteiger partial charge in [-0.1, -0.05) is 0 Å². The zero-order valence-corrected chi connectivity index (χ0v) is 4.66. The minimum atomic E-state index is -4.67. The molecule has 0 spiro atoms. The van der Waals surface area contributed by atoms with Crippen molar-refractivity contribution >= 4 is 121 Å². The van der Waals surface area contributed by atoms with Crippen molar-refractivity contribution in [3.63, 3.8) is 0 Å². The summed E-state index contributed by atoms with van der Waals surface area (Å²) in [6.07, 6.45) is 0. The number of hydrogen-bond donors (Lipinski definition) is 2. The summed E-state index contributed by atoms with van der Waals surface area (Å²) in [7, 11) is -4.67. The third kappa shape index (κ3) is 106. The van der Waals surface area contributed by atoms with Crippen molar-refractivity contribution in [2.75, 3.05) is 0 Å². The molecular weight excluding hydrogens is 252 g/mol. The molecule has 0 aromatic rings. The first-order chi connectivity index (χ1) is 2.00. The standard InChI is InChI=1S/2Ca.ClH.Mg.H2O4S.H2O.6H/c;;;;1-5(2,3)4;;;;;;;/h;;1H;;(H2,1,2,3,4);1H2;;;;;;. The molecule has 0 aromatic carbocycles. The van der Waals surface area contributed by atoms with E-state index >= 15 is 0 Å². The Morgan fingerprint density at radius 2 is 1.00 bits per heavy atom. The molecule has 0 aliphatic heterocycles. The Balaban J connectivity index is -0.00000000800. The molecule has 0 atom stereocenters. The molecule has 10 heavy (non-hydrogen) atoms. The van der Waals surface area contributed by atoms with E-state index in [9.17, 15) is 0 Å². The molecule has 0 amide bonds. The zero-order chi connectivity index (χ0) is 4.50. The summed E-state index contributed by atoms with van der Waals surface area (Å²) in [4.78, 5) is 0. The molecule has 0 bridgehead atoms. The van der Waals surface area contributed by atoms with E-state index < -0.39 is 10.4 Å². The van der Waals surface area contributed by atoms with Crippen molar-refractivity contribution in [1.82, 2.24) is 0 Å². The first-order valence-electron chi connectivity index (χ1n) is 0.698. The summed E-state index contributed by atoms with van der Waals surface area (Å²) < 4.78 is 31.6. The average Bonchev–Trinajstić information content (AvgIpc) is 0.722. The van der Waals surface area contributed by atoms with Crippen LogP contribution in [0.1, 0.15) is 0 Å². The van der Waals surface area contributed by atoms with Gasteiger partial charge < -0.3 is 5.48 Å². The largest absolute Gasteiger partial charge is 0.316 e. The van der Waals surface area contributed by atoms with Gasteiger partial charge in [-0.15, -0.1) is 12.4 Å². The normalized spacial score (nSPS) is 5.80. The van der Waals surface area contributed by atoms with Crippen LogP contribution in [0.4, 0.5) is 0 Å². The van der Waals surface area contributed by atoms with E-state index in [1.807, 2.05) is 0 Å². The molecule has 10 heteroatoms. The number of rotatable bonds is 0. The van der Waals surface area contributed by atoms with Gasteiger partial charge in [0.25, 0.3) is 0 Å². The maximum atomic E-state index is 8.74. The van der Waals surface area contributed by atoms with Gasteiger partial charge in [0.1, 0.15) is 0 Å². The topological polar surface area (TPSA) is 106 Å². The van der Waals surface area contributed by atoms with Gasteiger partial charge in [-0.05, 0) is 0 Å². The van der Waals surface area contributed by atoms with E-state index in [-0.39, 0.29) is 116 Å². The summed E-state index contributed by atoms with van der Waals surface area (Å²) in [5, 5.41) is 0. The molecule has 4 N–H and O–H groups in total. The van der Waals surface area contributed by atoms with Crippen molar-refractivity contribution in [3.05, 3.63) is 0 Å². The molecule has 0 unspecified atom stereocenters. The third-order valence-corrected chi connectivity index (χ3v) is 0. The van der Waals surface area contributed by atoms with Crippen LogP contribution in [0.2, 0.25) is 0 Å². The second kappa shape index (κ2) is 18.2. The smallest absolute Gasteiger partial charge is 0.316 e. The second-order valence-corrected chi connectivity index (χ2v) is 1.34. The summed E-state index contributed by atoms with van der Waals surface area (Å²) in [5.74, 6) is 0. The van der Waals surface area contributed by atoms with E-state index in [4.69, 9.17) is 17.5 Å². The van der Waals surface area contributed by atoms with Crippen LogP contribution in [0.3, 0.4) is 0 Å². The quantitative estimate of drug-likeness (QED) is 0.345. The van der Waals surface area contributed by atoms with Gasteiger partial charge in [0, 0.05) is 0 Å². The Hall–Kier alpha value is 3.41. The summed E-state index contributed by atoms with van der Waals surface area (Å²) >= 11 is 0. The molecule has 0 aliphatic rings. The van der Waals surface area contributed by atoms with Crippen molar-refractivity contribution in [1.29, 1.82) is 0 Å². The van der Waals surface area contributed by atoms with E-state index in [1.165, 1.54) is 0 Å². The van der Waals surface area contributed by atoms with E-state index in [1.54, 1.807) is 0 Å². The minimum Gasteiger partial charge on any atom is 0.316 e. The van der Waals surface area contributed by atoms with Gasteiger partial charge in [-0.2, -0.15) is 8.42 Å². The molecule has 0 aromatic heterocycles. The molecule has 5 nitrogen and oxygen atoms in total. The van der Waals surface area contributed by atoms with Gasteiger partial charge in [0.15, 0.2) is 0 Å². The fourth-order valence-corrected chi connectivity index (χ4v) is 0. The zero-order valence-electron chi connectivity index (χ0n) is 3.03. The van der Waals surface area contributed by atoms with Crippen LogP contribution in [0.15, 0.2) is 0 Å². The Morgan fingerprint density at radius 1 is 1.00 bits per heavy atom. The van der Waals surface area contributed by atoms with Crippen LogP contribution in [-0.2, 0) is 10.4 Å². The molecule has 0 saturated carbocycles. The predicted molar refractivity (Wildman–Crippen MR) is 50.7 cm³/mol. The van der Waals surface area contributed by atoms with Crippen LogP contribution in [0, 0.1) is 0 Å². The summed E-state index contributed by atoms with van der Waals surface area (Å²) in [5.41, 5.74) is 0. The summed E-state index contributed by atoms with van der Waals surface area (Å²) in [6, 6.07) is 0. The predicted octanol–water partition coefficient (Wildman–Crippen LogP) is -3.80. The van der Waals surface area contributed by atoms with E-state index in [0.29, 0.717) is 0 Å².